The summed E-state index contributed by atoms with van der Waals surface area (Å²) in [5.74, 6) is -0.358. The van der Waals surface area contributed by atoms with Crippen molar-refractivity contribution in [1.82, 2.24) is 14.3 Å². The molecule has 3 aromatic heterocycles. The highest BCUT2D eigenvalue weighted by atomic mass is 16.4. The number of hydrogen-bond donors (Lipinski definition) is 1. The van der Waals surface area contributed by atoms with Gasteiger partial charge in [0.1, 0.15) is 11.3 Å². The van der Waals surface area contributed by atoms with E-state index in [4.69, 9.17) is 9.52 Å². The van der Waals surface area contributed by atoms with E-state index in [0.29, 0.717) is 16.5 Å². The minimum Gasteiger partial charge on any atom is -0.480 e. The third-order valence-corrected chi connectivity index (χ3v) is 3.48. The Morgan fingerprint density at radius 1 is 1.50 bits per heavy atom. The summed E-state index contributed by atoms with van der Waals surface area (Å²) in [5.41, 5.74) is 1.34. The van der Waals surface area contributed by atoms with Crippen molar-refractivity contribution in [2.45, 2.75) is 19.9 Å². The summed E-state index contributed by atoms with van der Waals surface area (Å²) in [5, 5.41) is 13.6. The third kappa shape index (κ3) is 1.49. The Balaban J connectivity index is 2.42. The van der Waals surface area contributed by atoms with Crippen LogP contribution >= 0.6 is 0 Å². The Morgan fingerprint density at radius 3 is 2.85 bits per heavy atom. The first-order chi connectivity index (χ1) is 9.41. The summed E-state index contributed by atoms with van der Waals surface area (Å²) in [6.45, 7) is 3.24. The smallest absolute Gasteiger partial charge is 0.328 e. The second kappa shape index (κ2) is 3.96. The van der Waals surface area contributed by atoms with E-state index in [-0.39, 0.29) is 0 Å². The van der Waals surface area contributed by atoms with Gasteiger partial charge in [-0.05, 0) is 13.8 Å². The van der Waals surface area contributed by atoms with Crippen molar-refractivity contribution in [1.29, 1.82) is 0 Å². The quantitative estimate of drug-likeness (QED) is 0.764. The Hall–Kier alpha value is -2.57. The molecule has 7 heteroatoms. The van der Waals surface area contributed by atoms with Crippen LogP contribution in [0.5, 0.6) is 0 Å². The second-order valence-electron chi connectivity index (χ2n) is 4.80. The van der Waals surface area contributed by atoms with E-state index in [1.165, 1.54) is 13.1 Å². The van der Waals surface area contributed by atoms with Gasteiger partial charge >= 0.3 is 5.97 Å². The highest BCUT2D eigenvalue weighted by Crippen LogP contribution is 2.28. The summed E-state index contributed by atoms with van der Waals surface area (Å²) in [6, 6.07) is 0.814. The number of aliphatic carboxylic acids is 1. The number of hydrogen-bond acceptors (Lipinski definition) is 4. The number of carboxylic acid groups (broad SMARTS) is 1. The molecule has 1 atom stereocenters. The fraction of sp³-hybridized carbons (Fsp3) is 0.308. The molecule has 0 saturated carbocycles. The largest absolute Gasteiger partial charge is 0.480 e. The Bertz CT molecular complexity index is 900. The van der Waals surface area contributed by atoms with Gasteiger partial charge in [0.25, 0.3) is 5.56 Å². The van der Waals surface area contributed by atoms with E-state index in [0.717, 1.165) is 16.0 Å². The Morgan fingerprint density at radius 2 is 2.20 bits per heavy atom. The van der Waals surface area contributed by atoms with Crippen molar-refractivity contribution in [2.75, 3.05) is 0 Å². The number of fused-ring (bicyclic) bond motifs is 3. The van der Waals surface area contributed by atoms with Crippen molar-refractivity contribution >= 4 is 28.0 Å². The molecule has 0 fully saturated rings. The van der Waals surface area contributed by atoms with Gasteiger partial charge in [0.05, 0.1) is 17.1 Å². The van der Waals surface area contributed by atoms with Crippen LogP contribution in [0.1, 0.15) is 18.7 Å². The zero-order valence-electron chi connectivity index (χ0n) is 11.2. The average Bonchev–Trinajstić information content (AvgIpc) is 2.88. The lowest BCUT2D eigenvalue weighted by molar-refractivity contribution is -0.140. The Kier molecular flexibility index (Phi) is 2.47. The number of aromatic nitrogens is 3. The lowest BCUT2D eigenvalue weighted by Crippen LogP contribution is -2.30. The van der Waals surface area contributed by atoms with Gasteiger partial charge in [0.2, 0.25) is 0 Å². The maximum atomic E-state index is 12.4. The van der Waals surface area contributed by atoms with Crippen LogP contribution in [0.2, 0.25) is 0 Å². The van der Waals surface area contributed by atoms with Gasteiger partial charge in [-0.15, -0.1) is 0 Å². The molecule has 3 rings (SSSR count). The predicted octanol–water partition coefficient (Wildman–Crippen LogP) is 1.44. The van der Waals surface area contributed by atoms with E-state index < -0.39 is 17.6 Å². The molecule has 3 aromatic rings. The van der Waals surface area contributed by atoms with Crippen LogP contribution < -0.4 is 5.56 Å². The van der Waals surface area contributed by atoms with Gasteiger partial charge in [0, 0.05) is 13.1 Å². The van der Waals surface area contributed by atoms with Crippen molar-refractivity contribution in [3.05, 3.63) is 28.4 Å². The molecule has 0 bridgehead atoms. The van der Waals surface area contributed by atoms with E-state index in [2.05, 4.69) is 5.10 Å². The van der Waals surface area contributed by atoms with Gasteiger partial charge in [0.15, 0.2) is 11.6 Å². The molecule has 0 saturated heterocycles. The standard InChI is InChI=1S/C13H13N3O4/c1-6-4-9-11(20-6)8-5-14-16(7(2)13(18)19)12(17)10(8)15(9)3/h4-5,7H,1-3H3,(H,18,19)/t7-/m1/s1. The molecule has 0 radical (unpaired) electrons. The molecule has 20 heavy (non-hydrogen) atoms. The van der Waals surface area contributed by atoms with Crippen LogP contribution in [-0.4, -0.2) is 25.4 Å². The van der Waals surface area contributed by atoms with E-state index in [1.807, 2.05) is 13.0 Å². The van der Waals surface area contributed by atoms with Gasteiger partial charge in [-0.3, -0.25) is 4.79 Å². The van der Waals surface area contributed by atoms with Crippen LogP contribution in [0.4, 0.5) is 0 Å². The van der Waals surface area contributed by atoms with Gasteiger partial charge in [-0.25, -0.2) is 9.48 Å². The highest BCUT2D eigenvalue weighted by molar-refractivity contribution is 6.04. The molecule has 0 amide bonds. The number of carbonyl (C=O) groups is 1. The minimum atomic E-state index is -1.10. The molecule has 3 heterocycles. The second-order valence-corrected chi connectivity index (χ2v) is 4.80. The molecular formula is C13H13N3O4. The summed E-state index contributed by atoms with van der Waals surface area (Å²) in [6.07, 6.45) is 1.47. The first-order valence-corrected chi connectivity index (χ1v) is 6.11. The van der Waals surface area contributed by atoms with E-state index in [9.17, 15) is 9.59 Å². The summed E-state index contributed by atoms with van der Waals surface area (Å²) in [7, 11) is 1.75. The Labute approximate surface area is 113 Å². The fourth-order valence-electron chi connectivity index (χ4n) is 2.39. The fourth-order valence-corrected chi connectivity index (χ4v) is 2.39. The molecule has 0 spiro atoms. The van der Waals surface area contributed by atoms with Crippen LogP contribution in [-0.2, 0) is 11.8 Å². The first kappa shape index (κ1) is 12.5. The summed E-state index contributed by atoms with van der Waals surface area (Å²) < 4.78 is 8.25. The van der Waals surface area contributed by atoms with Gasteiger partial charge in [-0.1, -0.05) is 0 Å². The van der Waals surface area contributed by atoms with Gasteiger partial charge in [-0.2, -0.15) is 5.10 Å². The van der Waals surface area contributed by atoms with Crippen LogP contribution in [0.3, 0.4) is 0 Å². The number of carboxylic acids is 1. The zero-order valence-corrected chi connectivity index (χ0v) is 11.2. The topological polar surface area (TPSA) is 90.3 Å². The van der Waals surface area contributed by atoms with Crippen molar-refractivity contribution in [3.63, 3.8) is 0 Å². The monoisotopic (exact) mass is 275 g/mol. The number of furan rings is 1. The third-order valence-electron chi connectivity index (χ3n) is 3.48. The van der Waals surface area contributed by atoms with Crippen LogP contribution in [0, 0.1) is 6.92 Å². The summed E-state index contributed by atoms with van der Waals surface area (Å²) in [4.78, 5) is 23.4. The molecule has 0 aliphatic rings. The number of nitrogens with zero attached hydrogens (tertiary/aromatic N) is 3. The minimum absolute atomic E-state index is 0.391. The average molecular weight is 275 g/mol. The van der Waals surface area contributed by atoms with Crippen LogP contribution in [0.25, 0.3) is 22.0 Å². The zero-order chi connectivity index (χ0) is 14.6. The molecule has 0 unspecified atom stereocenters. The van der Waals surface area contributed by atoms with E-state index in [1.54, 1.807) is 11.6 Å². The molecule has 0 aromatic carbocycles. The predicted molar refractivity (Wildman–Crippen MR) is 71.8 cm³/mol. The number of rotatable bonds is 2. The van der Waals surface area contributed by atoms with E-state index >= 15 is 0 Å². The number of aryl methyl sites for hydroxylation is 2. The molecule has 104 valence electrons. The molecule has 1 N–H and O–H groups in total. The maximum absolute atomic E-state index is 12.4. The van der Waals surface area contributed by atoms with Crippen molar-refractivity contribution < 1.29 is 14.3 Å². The van der Waals surface area contributed by atoms with Gasteiger partial charge < -0.3 is 14.1 Å². The lowest BCUT2D eigenvalue weighted by atomic mass is 10.3. The normalized spacial score (nSPS) is 13.2. The highest BCUT2D eigenvalue weighted by Gasteiger charge is 2.21. The van der Waals surface area contributed by atoms with Crippen LogP contribution in [0.15, 0.2) is 21.5 Å². The SMILES string of the molecule is Cc1cc2c(o1)c1cnn([C@H](C)C(=O)O)c(=O)c1n2C. The molecule has 7 nitrogen and oxygen atoms in total. The first-order valence-electron chi connectivity index (χ1n) is 6.11. The summed E-state index contributed by atoms with van der Waals surface area (Å²) >= 11 is 0. The van der Waals surface area contributed by atoms with Crippen molar-refractivity contribution in [3.8, 4) is 0 Å². The molecular weight excluding hydrogens is 262 g/mol. The maximum Gasteiger partial charge on any atom is 0.328 e. The molecule has 0 aliphatic heterocycles. The van der Waals surface area contributed by atoms with Crippen molar-refractivity contribution in [2.24, 2.45) is 7.05 Å². The lowest BCUT2D eigenvalue weighted by Gasteiger charge is -2.09. The molecule has 0 aliphatic carbocycles.